The average Bonchev–Trinajstić information content (AvgIpc) is 2.22. The zero-order valence-electron chi connectivity index (χ0n) is 9.66. The molecule has 1 unspecified atom stereocenters. The summed E-state index contributed by atoms with van der Waals surface area (Å²) in [7, 11) is -2.15. The number of hydrogen-bond acceptors (Lipinski definition) is 6. The van der Waals surface area contributed by atoms with Crippen molar-refractivity contribution in [1.82, 2.24) is 0 Å². The Balaban J connectivity index is 4.62. The maximum absolute atomic E-state index is 11.4. The van der Waals surface area contributed by atoms with E-state index in [9.17, 15) is 20.1 Å². The molecule has 96 valence electrons. The topological polar surface area (TPSA) is 118 Å². The van der Waals surface area contributed by atoms with E-state index in [4.69, 9.17) is 10.2 Å². The molecule has 0 rings (SSSR count). The molecule has 0 aromatic carbocycles. The molecule has 16 heavy (non-hydrogen) atoms. The Bertz CT molecular complexity index is 239. The summed E-state index contributed by atoms with van der Waals surface area (Å²) in [6.07, 6.45) is -5.26. The summed E-state index contributed by atoms with van der Waals surface area (Å²) in [5, 5.41) is 46.0. The van der Waals surface area contributed by atoms with Crippen molar-refractivity contribution >= 4 is 13.9 Å². The lowest BCUT2D eigenvalue weighted by Crippen LogP contribution is -2.54. The molecule has 0 fully saturated rings. The Morgan fingerprint density at radius 1 is 1.06 bits per heavy atom. The van der Waals surface area contributed by atoms with Gasteiger partial charge in [-0.25, -0.2) is 0 Å². The molecule has 0 aliphatic carbocycles. The third-order valence-corrected chi connectivity index (χ3v) is 4.41. The Hall–Kier alpha value is -0.313. The van der Waals surface area contributed by atoms with Crippen LogP contribution in [0.2, 0.25) is 19.6 Å². The molecule has 0 radical (unpaired) electrons. The highest BCUT2D eigenvalue weighted by molar-refractivity contribution is 6.77. The summed E-state index contributed by atoms with van der Waals surface area (Å²) < 4.78 is 0. The summed E-state index contributed by atoms with van der Waals surface area (Å²) >= 11 is 0. The van der Waals surface area contributed by atoms with Gasteiger partial charge in [0.2, 0.25) is 0 Å². The van der Waals surface area contributed by atoms with Crippen molar-refractivity contribution in [2.24, 2.45) is 0 Å². The van der Waals surface area contributed by atoms with Crippen LogP contribution in [0.5, 0.6) is 0 Å². The van der Waals surface area contributed by atoms with Gasteiger partial charge in [0, 0.05) is 0 Å². The molecular formula is C9H20O6Si. The lowest BCUT2D eigenvalue weighted by molar-refractivity contribution is -0.146. The number of aliphatic hydroxyl groups excluding tert-OH is 5. The number of carbonyl (C=O) groups is 1. The minimum atomic E-state index is -2.15. The number of carbonyl (C=O) groups excluding carboxylic acids is 1. The molecule has 0 aromatic rings. The predicted octanol–water partition coefficient (Wildman–Crippen LogP) is -2.13. The lowest BCUT2D eigenvalue weighted by atomic mass is 10.1. The molecule has 0 aliphatic heterocycles. The van der Waals surface area contributed by atoms with E-state index in [1.54, 1.807) is 19.6 Å². The first-order valence-corrected chi connectivity index (χ1v) is 8.57. The van der Waals surface area contributed by atoms with E-state index >= 15 is 0 Å². The molecular weight excluding hydrogens is 232 g/mol. The molecule has 0 bridgehead atoms. The van der Waals surface area contributed by atoms with Crippen molar-refractivity contribution in [1.29, 1.82) is 0 Å². The van der Waals surface area contributed by atoms with E-state index in [0.29, 0.717) is 0 Å². The van der Waals surface area contributed by atoms with Gasteiger partial charge in [-0.3, -0.25) is 4.79 Å². The Morgan fingerprint density at radius 2 is 1.50 bits per heavy atom. The zero-order valence-corrected chi connectivity index (χ0v) is 10.7. The summed E-state index contributed by atoms with van der Waals surface area (Å²) in [6.45, 7) is 4.47. The number of Topliss-reactive ketones (excluding diaryl/α,β-unsaturated/α-hetero) is 1. The maximum Gasteiger partial charge on any atom is 0.194 e. The van der Waals surface area contributed by atoms with Crippen molar-refractivity contribution < 1.29 is 30.3 Å². The second kappa shape index (κ2) is 5.85. The third-order valence-electron chi connectivity index (χ3n) is 2.32. The van der Waals surface area contributed by atoms with Crippen molar-refractivity contribution in [3.05, 3.63) is 0 Å². The highest BCUT2D eigenvalue weighted by atomic mass is 28.3. The van der Waals surface area contributed by atoms with Crippen LogP contribution in [0.25, 0.3) is 0 Å². The average molecular weight is 252 g/mol. The second-order valence-corrected chi connectivity index (χ2v) is 10.2. The molecule has 0 saturated carbocycles. The highest BCUT2D eigenvalue weighted by Gasteiger charge is 2.39. The van der Waals surface area contributed by atoms with E-state index in [2.05, 4.69) is 0 Å². The van der Waals surface area contributed by atoms with Crippen molar-refractivity contribution in [2.75, 3.05) is 6.61 Å². The fourth-order valence-corrected chi connectivity index (χ4v) is 2.21. The van der Waals surface area contributed by atoms with E-state index in [-0.39, 0.29) is 0 Å². The standard InChI is InChI=1S/C9H20O6Si/c1-16(2,3)9(15)8(14)7(13)6(12)5(11)4-10/h5-6,8-12,14-15H,4H2,1-3H3/t5-,6-,8-,9?/m1/s1. The Kier molecular flexibility index (Phi) is 5.74. The molecule has 0 aromatic heterocycles. The summed E-state index contributed by atoms with van der Waals surface area (Å²) in [4.78, 5) is 11.4. The quantitative estimate of drug-likeness (QED) is 0.345. The van der Waals surface area contributed by atoms with Gasteiger partial charge >= 0.3 is 0 Å². The van der Waals surface area contributed by atoms with Crippen LogP contribution in [0.1, 0.15) is 0 Å². The SMILES string of the molecule is C[Si](C)(C)C(O)[C@H](O)C(=O)[C@H](O)[C@H](O)CO. The van der Waals surface area contributed by atoms with Gasteiger partial charge < -0.3 is 25.5 Å². The molecule has 0 heterocycles. The number of ketones is 1. The van der Waals surface area contributed by atoms with Crippen LogP contribution in [0.3, 0.4) is 0 Å². The van der Waals surface area contributed by atoms with E-state index in [1.165, 1.54) is 0 Å². The third kappa shape index (κ3) is 3.93. The number of aliphatic hydroxyl groups is 5. The Morgan fingerprint density at radius 3 is 1.81 bits per heavy atom. The van der Waals surface area contributed by atoms with Gasteiger partial charge in [-0.15, -0.1) is 0 Å². The number of hydrogen-bond donors (Lipinski definition) is 5. The minimum Gasteiger partial charge on any atom is -0.394 e. The van der Waals surface area contributed by atoms with Crippen molar-refractivity contribution in [3.8, 4) is 0 Å². The molecule has 0 amide bonds. The smallest absolute Gasteiger partial charge is 0.194 e. The van der Waals surface area contributed by atoms with Crippen LogP contribution in [-0.2, 0) is 4.79 Å². The lowest BCUT2D eigenvalue weighted by Gasteiger charge is -2.29. The highest BCUT2D eigenvalue weighted by Crippen LogP contribution is 2.13. The van der Waals surface area contributed by atoms with Gasteiger partial charge in [-0.1, -0.05) is 19.6 Å². The van der Waals surface area contributed by atoms with Crippen LogP contribution in [0, 0.1) is 0 Å². The maximum atomic E-state index is 11.4. The van der Waals surface area contributed by atoms with Crippen molar-refractivity contribution in [3.63, 3.8) is 0 Å². The normalized spacial score (nSPS) is 20.0. The number of rotatable bonds is 6. The largest absolute Gasteiger partial charge is 0.394 e. The monoisotopic (exact) mass is 252 g/mol. The zero-order chi connectivity index (χ0) is 13.1. The summed E-state index contributed by atoms with van der Waals surface area (Å²) in [5.74, 6) is -1.07. The van der Waals surface area contributed by atoms with Crippen LogP contribution < -0.4 is 0 Å². The second-order valence-electron chi connectivity index (χ2n) is 4.85. The molecule has 0 saturated heterocycles. The first-order chi connectivity index (χ1) is 7.12. The first kappa shape index (κ1) is 15.7. The first-order valence-electron chi connectivity index (χ1n) is 4.99. The molecule has 7 heteroatoms. The fraction of sp³-hybridized carbons (Fsp3) is 0.889. The molecule has 5 N–H and O–H groups in total. The van der Waals surface area contributed by atoms with Gasteiger partial charge in [-0.2, -0.15) is 0 Å². The van der Waals surface area contributed by atoms with E-state index in [1.807, 2.05) is 0 Å². The van der Waals surface area contributed by atoms with Crippen molar-refractivity contribution in [2.45, 2.75) is 43.7 Å². The minimum absolute atomic E-state index is 0.789. The van der Waals surface area contributed by atoms with E-state index < -0.39 is 44.5 Å². The summed E-state index contributed by atoms with van der Waals surface area (Å²) in [6, 6.07) is 0. The van der Waals surface area contributed by atoms with Gasteiger partial charge in [0.05, 0.1) is 20.4 Å². The van der Waals surface area contributed by atoms with Gasteiger partial charge in [0.1, 0.15) is 18.3 Å². The van der Waals surface area contributed by atoms with Gasteiger partial charge in [-0.05, 0) is 0 Å². The van der Waals surface area contributed by atoms with Crippen LogP contribution >= 0.6 is 0 Å². The fourth-order valence-electron chi connectivity index (χ4n) is 1.09. The summed E-state index contributed by atoms with van der Waals surface area (Å²) in [5.41, 5.74) is -1.22. The van der Waals surface area contributed by atoms with Crippen LogP contribution in [0.15, 0.2) is 0 Å². The van der Waals surface area contributed by atoms with Crippen LogP contribution in [0.4, 0.5) is 0 Å². The molecule has 0 aliphatic rings. The molecule has 4 atom stereocenters. The van der Waals surface area contributed by atoms with Gasteiger partial charge in [0.25, 0.3) is 0 Å². The predicted molar refractivity (Wildman–Crippen MR) is 59.5 cm³/mol. The van der Waals surface area contributed by atoms with E-state index in [0.717, 1.165) is 0 Å². The molecule has 6 nitrogen and oxygen atoms in total. The molecule has 0 spiro atoms. The van der Waals surface area contributed by atoms with Gasteiger partial charge in [0.15, 0.2) is 5.78 Å². The Labute approximate surface area is 95.2 Å². The van der Waals surface area contributed by atoms with Crippen LogP contribution in [-0.4, -0.2) is 70.0 Å².